The second-order valence-electron chi connectivity index (χ2n) is 3.65. The standard InChI is InChI=1S/C9H13ClN2OS/c1-9(2,3-4-10)12-8(13)7-5-14-6-11-7/h5-6H,3-4H2,1-2H3,(H,12,13). The molecule has 0 saturated heterocycles. The van der Waals surface area contributed by atoms with Gasteiger partial charge in [0.25, 0.3) is 5.91 Å². The van der Waals surface area contributed by atoms with Crippen molar-refractivity contribution in [3.63, 3.8) is 0 Å². The van der Waals surface area contributed by atoms with Crippen LogP contribution in [0.2, 0.25) is 0 Å². The predicted octanol–water partition coefficient (Wildman–Crippen LogP) is 2.28. The summed E-state index contributed by atoms with van der Waals surface area (Å²) in [5.41, 5.74) is 1.84. The Hall–Kier alpha value is -0.610. The fraction of sp³-hybridized carbons (Fsp3) is 0.556. The van der Waals surface area contributed by atoms with Crippen LogP contribution in [0.15, 0.2) is 10.9 Å². The number of aromatic nitrogens is 1. The highest BCUT2D eigenvalue weighted by Gasteiger charge is 2.21. The molecule has 0 unspecified atom stereocenters. The van der Waals surface area contributed by atoms with Crippen molar-refractivity contribution >= 4 is 28.8 Å². The number of hydrogen-bond acceptors (Lipinski definition) is 3. The second kappa shape index (κ2) is 4.75. The summed E-state index contributed by atoms with van der Waals surface area (Å²) < 4.78 is 0. The van der Waals surface area contributed by atoms with Crippen molar-refractivity contribution in [1.82, 2.24) is 10.3 Å². The lowest BCUT2D eigenvalue weighted by molar-refractivity contribution is 0.0907. The highest BCUT2D eigenvalue weighted by Crippen LogP contribution is 2.11. The Kier molecular flexibility index (Phi) is 3.89. The summed E-state index contributed by atoms with van der Waals surface area (Å²) in [5, 5.41) is 4.61. The molecule has 0 aliphatic carbocycles. The number of nitrogens with one attached hydrogen (secondary N) is 1. The maximum Gasteiger partial charge on any atom is 0.271 e. The van der Waals surface area contributed by atoms with Gasteiger partial charge in [-0.2, -0.15) is 0 Å². The summed E-state index contributed by atoms with van der Waals surface area (Å²) in [6.45, 7) is 3.89. The molecule has 0 bridgehead atoms. The van der Waals surface area contributed by atoms with Crippen molar-refractivity contribution in [3.8, 4) is 0 Å². The predicted molar refractivity (Wildman–Crippen MR) is 59.0 cm³/mol. The van der Waals surface area contributed by atoms with Crippen molar-refractivity contribution < 1.29 is 4.79 Å². The van der Waals surface area contributed by atoms with Crippen LogP contribution in [0, 0.1) is 0 Å². The molecule has 3 nitrogen and oxygen atoms in total. The molecule has 14 heavy (non-hydrogen) atoms. The Labute approximate surface area is 92.5 Å². The maximum absolute atomic E-state index is 11.6. The van der Waals surface area contributed by atoms with E-state index in [1.54, 1.807) is 10.9 Å². The van der Waals surface area contributed by atoms with Crippen LogP contribution in [0.1, 0.15) is 30.8 Å². The molecule has 0 radical (unpaired) electrons. The molecular weight excluding hydrogens is 220 g/mol. The highest BCUT2D eigenvalue weighted by atomic mass is 35.5. The van der Waals surface area contributed by atoms with Crippen molar-refractivity contribution in [1.29, 1.82) is 0 Å². The number of thiazole rings is 1. The molecule has 1 amide bonds. The van der Waals surface area contributed by atoms with E-state index in [2.05, 4.69) is 10.3 Å². The molecule has 0 atom stereocenters. The topological polar surface area (TPSA) is 42.0 Å². The number of carbonyl (C=O) groups is 1. The van der Waals surface area contributed by atoms with Gasteiger partial charge in [0, 0.05) is 16.8 Å². The van der Waals surface area contributed by atoms with E-state index in [0.717, 1.165) is 6.42 Å². The Morgan fingerprint density at radius 1 is 1.71 bits per heavy atom. The first-order chi connectivity index (χ1) is 6.55. The van der Waals surface area contributed by atoms with Crippen LogP contribution in [0.3, 0.4) is 0 Å². The smallest absolute Gasteiger partial charge is 0.271 e. The number of nitrogens with zero attached hydrogens (tertiary/aromatic N) is 1. The van der Waals surface area contributed by atoms with Crippen molar-refractivity contribution in [2.75, 3.05) is 5.88 Å². The molecule has 1 heterocycles. The van der Waals surface area contributed by atoms with Gasteiger partial charge in [0.15, 0.2) is 0 Å². The number of halogens is 1. The fourth-order valence-electron chi connectivity index (χ4n) is 0.995. The lowest BCUT2D eigenvalue weighted by Gasteiger charge is -2.24. The van der Waals surface area contributed by atoms with Crippen LogP contribution < -0.4 is 5.32 Å². The van der Waals surface area contributed by atoms with Crippen LogP contribution in [0.4, 0.5) is 0 Å². The summed E-state index contributed by atoms with van der Waals surface area (Å²) >= 11 is 7.04. The Morgan fingerprint density at radius 2 is 2.43 bits per heavy atom. The summed E-state index contributed by atoms with van der Waals surface area (Å²) in [7, 11) is 0. The zero-order valence-corrected chi connectivity index (χ0v) is 9.78. The van der Waals surface area contributed by atoms with Gasteiger partial charge in [-0.15, -0.1) is 22.9 Å². The normalized spacial score (nSPS) is 11.4. The average molecular weight is 233 g/mol. The van der Waals surface area contributed by atoms with E-state index < -0.39 is 0 Å². The van der Waals surface area contributed by atoms with E-state index in [9.17, 15) is 4.79 Å². The third-order valence-corrected chi connectivity index (χ3v) is 2.61. The highest BCUT2D eigenvalue weighted by molar-refractivity contribution is 7.07. The van der Waals surface area contributed by atoms with Crippen molar-refractivity contribution in [3.05, 3.63) is 16.6 Å². The lowest BCUT2D eigenvalue weighted by atomic mass is 10.0. The van der Waals surface area contributed by atoms with E-state index in [1.807, 2.05) is 13.8 Å². The minimum atomic E-state index is -0.275. The van der Waals surface area contributed by atoms with Crippen LogP contribution in [-0.4, -0.2) is 22.3 Å². The lowest BCUT2D eigenvalue weighted by Crippen LogP contribution is -2.43. The van der Waals surface area contributed by atoms with Gasteiger partial charge in [0.2, 0.25) is 0 Å². The van der Waals surface area contributed by atoms with Crippen LogP contribution in [0.5, 0.6) is 0 Å². The number of amides is 1. The largest absolute Gasteiger partial charge is 0.346 e. The van der Waals surface area contributed by atoms with Crippen LogP contribution in [0.25, 0.3) is 0 Å². The molecule has 1 N–H and O–H groups in total. The van der Waals surface area contributed by atoms with E-state index in [0.29, 0.717) is 11.6 Å². The number of carbonyl (C=O) groups excluding carboxylic acids is 1. The molecule has 0 aliphatic heterocycles. The van der Waals surface area contributed by atoms with E-state index in [4.69, 9.17) is 11.6 Å². The third kappa shape index (κ3) is 3.27. The van der Waals surface area contributed by atoms with Gasteiger partial charge >= 0.3 is 0 Å². The molecule has 0 aromatic carbocycles. The zero-order valence-electron chi connectivity index (χ0n) is 8.21. The third-order valence-electron chi connectivity index (χ3n) is 1.84. The van der Waals surface area contributed by atoms with Crippen LogP contribution >= 0.6 is 22.9 Å². The maximum atomic E-state index is 11.6. The Bertz CT molecular complexity index is 298. The Morgan fingerprint density at radius 3 is 2.93 bits per heavy atom. The van der Waals surface area contributed by atoms with E-state index in [-0.39, 0.29) is 11.4 Å². The van der Waals surface area contributed by atoms with Gasteiger partial charge in [-0.1, -0.05) is 0 Å². The molecule has 1 aromatic heterocycles. The summed E-state index contributed by atoms with van der Waals surface area (Å²) in [6, 6.07) is 0. The molecule has 0 aliphatic rings. The van der Waals surface area contributed by atoms with Gasteiger partial charge in [0.1, 0.15) is 5.69 Å². The van der Waals surface area contributed by atoms with Gasteiger partial charge < -0.3 is 5.32 Å². The molecule has 5 heteroatoms. The van der Waals surface area contributed by atoms with Crippen molar-refractivity contribution in [2.45, 2.75) is 25.8 Å². The molecule has 78 valence electrons. The summed E-state index contributed by atoms with van der Waals surface area (Å²) in [5.74, 6) is 0.394. The van der Waals surface area contributed by atoms with E-state index in [1.165, 1.54) is 11.3 Å². The monoisotopic (exact) mass is 232 g/mol. The van der Waals surface area contributed by atoms with Gasteiger partial charge in [-0.05, 0) is 20.3 Å². The molecule has 1 aromatic rings. The minimum absolute atomic E-state index is 0.138. The van der Waals surface area contributed by atoms with Gasteiger partial charge in [-0.25, -0.2) is 4.98 Å². The quantitative estimate of drug-likeness (QED) is 0.810. The number of alkyl halides is 1. The summed E-state index contributed by atoms with van der Waals surface area (Å²) in [6.07, 6.45) is 0.741. The number of rotatable bonds is 4. The van der Waals surface area contributed by atoms with Crippen molar-refractivity contribution in [2.24, 2.45) is 0 Å². The Balaban J connectivity index is 2.57. The minimum Gasteiger partial charge on any atom is -0.346 e. The molecule has 0 fully saturated rings. The SMILES string of the molecule is CC(C)(CCCl)NC(=O)c1cscn1. The molecular formula is C9H13ClN2OS. The van der Waals surface area contributed by atoms with Gasteiger partial charge in [0.05, 0.1) is 5.51 Å². The average Bonchev–Trinajstić information content (AvgIpc) is 2.53. The summed E-state index contributed by atoms with van der Waals surface area (Å²) in [4.78, 5) is 15.5. The number of hydrogen-bond donors (Lipinski definition) is 1. The van der Waals surface area contributed by atoms with Crippen LogP contribution in [-0.2, 0) is 0 Å². The molecule has 0 saturated carbocycles. The molecule has 0 spiro atoms. The first kappa shape index (κ1) is 11.5. The van der Waals surface area contributed by atoms with E-state index >= 15 is 0 Å². The first-order valence-electron chi connectivity index (χ1n) is 4.32. The first-order valence-corrected chi connectivity index (χ1v) is 5.79. The molecule has 1 rings (SSSR count). The zero-order chi connectivity index (χ0) is 10.6. The second-order valence-corrected chi connectivity index (χ2v) is 4.75. The fourth-order valence-corrected chi connectivity index (χ4v) is 2.00. The van der Waals surface area contributed by atoms with Gasteiger partial charge in [-0.3, -0.25) is 4.79 Å².